The van der Waals surface area contributed by atoms with Gasteiger partial charge in [-0.1, -0.05) is 35.7 Å². The first-order chi connectivity index (χ1) is 9.19. The van der Waals surface area contributed by atoms with Gasteiger partial charge in [-0.3, -0.25) is 0 Å². The minimum atomic E-state index is -0.130. The second-order valence-corrected chi connectivity index (χ2v) is 6.48. The van der Waals surface area contributed by atoms with Gasteiger partial charge in [0, 0.05) is 10.5 Å². The lowest BCUT2D eigenvalue weighted by Crippen LogP contribution is -2.35. The fourth-order valence-corrected chi connectivity index (χ4v) is 3.43. The molecule has 0 bridgehead atoms. The van der Waals surface area contributed by atoms with E-state index in [9.17, 15) is 4.39 Å². The van der Waals surface area contributed by atoms with Crippen molar-refractivity contribution >= 4 is 15.9 Å². The first kappa shape index (κ1) is 15.0. The molecule has 0 saturated heterocycles. The molecule has 1 saturated carbocycles. The fraction of sp³-hybridized carbons (Fsp3) is 0.625. The predicted molar refractivity (Wildman–Crippen MR) is 81.8 cm³/mol. The van der Waals surface area contributed by atoms with Crippen molar-refractivity contribution in [1.82, 2.24) is 5.32 Å². The standard InChI is InChI=1S/C16H23BrFN/c1-2-8-19-15-5-3-4-12(10-15)9-13-11-14(18)6-7-16(13)17/h6-7,11-12,15,19H,2-5,8-10H2,1H3. The summed E-state index contributed by atoms with van der Waals surface area (Å²) >= 11 is 3.53. The first-order valence-corrected chi connectivity index (χ1v) is 8.15. The van der Waals surface area contributed by atoms with E-state index in [0.29, 0.717) is 12.0 Å². The summed E-state index contributed by atoms with van der Waals surface area (Å²) in [5.41, 5.74) is 1.11. The summed E-state index contributed by atoms with van der Waals surface area (Å²) in [5.74, 6) is 0.552. The quantitative estimate of drug-likeness (QED) is 0.827. The van der Waals surface area contributed by atoms with Gasteiger partial charge in [0.15, 0.2) is 0 Å². The molecule has 1 N–H and O–H groups in total. The van der Waals surface area contributed by atoms with Crippen LogP contribution in [0.15, 0.2) is 22.7 Å². The average molecular weight is 328 g/mol. The highest BCUT2D eigenvalue weighted by Gasteiger charge is 2.22. The second-order valence-electron chi connectivity index (χ2n) is 5.62. The Hall–Kier alpha value is -0.410. The number of rotatable bonds is 5. The highest BCUT2D eigenvalue weighted by molar-refractivity contribution is 9.10. The molecule has 3 heteroatoms. The van der Waals surface area contributed by atoms with Crippen molar-refractivity contribution in [3.8, 4) is 0 Å². The molecule has 2 rings (SSSR count). The molecule has 0 aromatic heterocycles. The predicted octanol–water partition coefficient (Wildman–Crippen LogP) is 4.69. The van der Waals surface area contributed by atoms with E-state index in [-0.39, 0.29) is 5.82 Å². The summed E-state index contributed by atoms with van der Waals surface area (Å²) < 4.78 is 14.4. The Morgan fingerprint density at radius 2 is 2.21 bits per heavy atom. The van der Waals surface area contributed by atoms with Crippen molar-refractivity contribution in [3.63, 3.8) is 0 Å². The van der Waals surface area contributed by atoms with Gasteiger partial charge in [0.1, 0.15) is 5.82 Å². The van der Waals surface area contributed by atoms with Gasteiger partial charge in [0.05, 0.1) is 0 Å². The van der Waals surface area contributed by atoms with Gasteiger partial charge in [-0.05, 0) is 61.9 Å². The van der Waals surface area contributed by atoms with E-state index in [2.05, 4.69) is 28.2 Å². The highest BCUT2D eigenvalue weighted by Crippen LogP contribution is 2.30. The van der Waals surface area contributed by atoms with Crippen LogP contribution < -0.4 is 5.32 Å². The number of halogens is 2. The third kappa shape index (κ3) is 4.57. The Kier molecular flexibility index (Phi) is 5.83. The molecule has 1 aromatic rings. The molecule has 0 amide bonds. The normalized spacial score (nSPS) is 23.5. The van der Waals surface area contributed by atoms with E-state index >= 15 is 0 Å². The van der Waals surface area contributed by atoms with Crippen molar-refractivity contribution in [2.24, 2.45) is 5.92 Å². The lowest BCUT2D eigenvalue weighted by Gasteiger charge is -2.30. The Bertz CT molecular complexity index is 408. The number of benzene rings is 1. The van der Waals surface area contributed by atoms with Crippen LogP contribution in [0.1, 0.15) is 44.6 Å². The van der Waals surface area contributed by atoms with Crippen LogP contribution in [-0.4, -0.2) is 12.6 Å². The molecular weight excluding hydrogens is 305 g/mol. The van der Waals surface area contributed by atoms with Gasteiger partial charge in [-0.25, -0.2) is 4.39 Å². The molecule has 19 heavy (non-hydrogen) atoms. The largest absolute Gasteiger partial charge is 0.314 e. The summed E-state index contributed by atoms with van der Waals surface area (Å²) in [6, 6.07) is 5.67. The smallest absolute Gasteiger partial charge is 0.123 e. The van der Waals surface area contributed by atoms with E-state index in [0.717, 1.165) is 23.0 Å². The van der Waals surface area contributed by atoms with Crippen molar-refractivity contribution < 1.29 is 4.39 Å². The van der Waals surface area contributed by atoms with Gasteiger partial charge in [0.25, 0.3) is 0 Å². The molecule has 1 fully saturated rings. The maximum absolute atomic E-state index is 13.3. The molecule has 106 valence electrons. The van der Waals surface area contributed by atoms with E-state index in [4.69, 9.17) is 0 Å². The molecule has 2 unspecified atom stereocenters. The minimum absolute atomic E-state index is 0.130. The van der Waals surface area contributed by atoms with Crippen molar-refractivity contribution in [1.29, 1.82) is 0 Å². The van der Waals surface area contributed by atoms with Gasteiger partial charge in [-0.15, -0.1) is 0 Å². The maximum atomic E-state index is 13.3. The van der Waals surface area contributed by atoms with Gasteiger partial charge in [-0.2, -0.15) is 0 Å². The third-order valence-electron chi connectivity index (χ3n) is 3.98. The molecule has 1 aliphatic carbocycles. The van der Waals surface area contributed by atoms with Crippen LogP contribution in [-0.2, 0) is 6.42 Å². The lowest BCUT2D eigenvalue weighted by atomic mass is 9.82. The van der Waals surface area contributed by atoms with E-state index in [1.54, 1.807) is 6.07 Å². The minimum Gasteiger partial charge on any atom is -0.314 e. The molecule has 2 atom stereocenters. The zero-order chi connectivity index (χ0) is 13.7. The van der Waals surface area contributed by atoms with Gasteiger partial charge >= 0.3 is 0 Å². The Morgan fingerprint density at radius 3 is 3.00 bits per heavy atom. The summed E-state index contributed by atoms with van der Waals surface area (Å²) in [5, 5.41) is 3.63. The van der Waals surface area contributed by atoms with Crippen LogP contribution in [0.3, 0.4) is 0 Å². The second kappa shape index (κ2) is 7.39. The van der Waals surface area contributed by atoms with Crippen molar-refractivity contribution in [2.75, 3.05) is 6.54 Å². The SMILES string of the molecule is CCCNC1CCCC(Cc2cc(F)ccc2Br)C1. The first-order valence-electron chi connectivity index (χ1n) is 7.36. The van der Waals surface area contributed by atoms with Crippen LogP contribution in [0, 0.1) is 11.7 Å². The van der Waals surface area contributed by atoms with Crippen LogP contribution in [0.25, 0.3) is 0 Å². The van der Waals surface area contributed by atoms with Gasteiger partial charge < -0.3 is 5.32 Å². The molecule has 1 aliphatic rings. The van der Waals surface area contributed by atoms with Crippen LogP contribution in [0.4, 0.5) is 4.39 Å². The Morgan fingerprint density at radius 1 is 1.37 bits per heavy atom. The molecule has 1 aromatic carbocycles. The van der Waals surface area contributed by atoms with Crippen LogP contribution in [0.2, 0.25) is 0 Å². The summed E-state index contributed by atoms with van der Waals surface area (Å²) in [6.45, 7) is 3.32. The van der Waals surface area contributed by atoms with Gasteiger partial charge in [0.2, 0.25) is 0 Å². The third-order valence-corrected chi connectivity index (χ3v) is 4.76. The summed E-state index contributed by atoms with van der Waals surface area (Å²) in [6.07, 6.45) is 7.26. The fourth-order valence-electron chi connectivity index (χ4n) is 3.02. The van der Waals surface area contributed by atoms with E-state index in [1.807, 2.05) is 6.07 Å². The monoisotopic (exact) mass is 327 g/mol. The molecule has 1 nitrogen and oxygen atoms in total. The van der Waals surface area contributed by atoms with E-state index < -0.39 is 0 Å². The Labute approximate surface area is 124 Å². The molecule has 0 heterocycles. The topological polar surface area (TPSA) is 12.0 Å². The maximum Gasteiger partial charge on any atom is 0.123 e. The molecule has 0 spiro atoms. The molecule has 0 radical (unpaired) electrons. The van der Waals surface area contributed by atoms with Crippen LogP contribution >= 0.6 is 15.9 Å². The van der Waals surface area contributed by atoms with Crippen LogP contribution in [0.5, 0.6) is 0 Å². The number of hydrogen-bond donors (Lipinski definition) is 1. The summed E-state index contributed by atoms with van der Waals surface area (Å²) in [4.78, 5) is 0. The summed E-state index contributed by atoms with van der Waals surface area (Å²) in [7, 11) is 0. The number of nitrogens with one attached hydrogen (secondary N) is 1. The molecule has 0 aliphatic heterocycles. The lowest BCUT2D eigenvalue weighted by molar-refractivity contribution is 0.284. The zero-order valence-corrected chi connectivity index (χ0v) is 13.2. The Balaban J connectivity index is 1.93. The zero-order valence-electron chi connectivity index (χ0n) is 11.6. The van der Waals surface area contributed by atoms with Crippen molar-refractivity contribution in [2.45, 2.75) is 51.5 Å². The van der Waals surface area contributed by atoms with E-state index in [1.165, 1.54) is 38.2 Å². The highest BCUT2D eigenvalue weighted by atomic mass is 79.9. The molecular formula is C16H23BrFN. The van der Waals surface area contributed by atoms with Crippen molar-refractivity contribution in [3.05, 3.63) is 34.1 Å². The number of hydrogen-bond acceptors (Lipinski definition) is 1. The average Bonchev–Trinajstić information content (AvgIpc) is 2.41.